The molecule has 2 nitrogen and oxygen atoms in total. The third-order valence-corrected chi connectivity index (χ3v) is 4.19. The Labute approximate surface area is 141 Å². The van der Waals surface area contributed by atoms with Crippen LogP contribution in [-0.2, 0) is 16.7 Å². The molecule has 0 heterocycles. The second-order valence-electron chi connectivity index (χ2n) is 5.21. The molecule has 0 aliphatic heterocycles. The van der Waals surface area contributed by atoms with E-state index in [0.717, 1.165) is 23.3 Å². The molecule has 128 valence electrons. The van der Waals surface area contributed by atoms with Gasteiger partial charge in [-0.1, -0.05) is 29.8 Å². The third kappa shape index (κ3) is 5.26. The number of thioether (sulfide) groups is 1. The average Bonchev–Trinajstić information content (AvgIpc) is 2.50. The van der Waals surface area contributed by atoms with Crippen LogP contribution in [0.1, 0.15) is 16.7 Å². The molecule has 24 heavy (non-hydrogen) atoms. The lowest BCUT2D eigenvalue weighted by atomic mass is 10.1. The van der Waals surface area contributed by atoms with Crippen molar-refractivity contribution in [3.63, 3.8) is 0 Å². The van der Waals surface area contributed by atoms with Crippen LogP contribution in [0, 0.1) is 12.7 Å². The second-order valence-corrected chi connectivity index (χ2v) is 6.20. The van der Waals surface area contributed by atoms with E-state index >= 15 is 0 Å². The quantitative estimate of drug-likeness (QED) is 0.761. The van der Waals surface area contributed by atoms with E-state index in [0.29, 0.717) is 11.8 Å². The Morgan fingerprint density at radius 3 is 2.42 bits per heavy atom. The number of rotatable bonds is 5. The van der Waals surface area contributed by atoms with Crippen molar-refractivity contribution in [2.75, 3.05) is 11.1 Å². The maximum atomic E-state index is 13.0. The van der Waals surface area contributed by atoms with Gasteiger partial charge in [-0.25, -0.2) is 4.39 Å². The Balaban J connectivity index is 1.94. The first-order valence-electron chi connectivity index (χ1n) is 7.05. The Hall–Kier alpha value is -2.02. The molecule has 0 aliphatic carbocycles. The van der Waals surface area contributed by atoms with E-state index < -0.39 is 29.2 Å². The van der Waals surface area contributed by atoms with Gasteiger partial charge in [0.1, 0.15) is 5.82 Å². The molecule has 0 radical (unpaired) electrons. The number of hydrogen-bond donors (Lipinski definition) is 1. The van der Waals surface area contributed by atoms with Crippen molar-refractivity contribution >= 4 is 23.4 Å². The number of carbonyl (C=O) groups is 1. The van der Waals surface area contributed by atoms with Crippen LogP contribution in [0.2, 0.25) is 0 Å². The van der Waals surface area contributed by atoms with Crippen molar-refractivity contribution in [3.05, 3.63) is 65.0 Å². The van der Waals surface area contributed by atoms with Crippen molar-refractivity contribution in [1.29, 1.82) is 0 Å². The summed E-state index contributed by atoms with van der Waals surface area (Å²) in [6.07, 6.45) is -4.74. The van der Waals surface area contributed by atoms with Gasteiger partial charge >= 0.3 is 6.18 Å². The van der Waals surface area contributed by atoms with Crippen LogP contribution < -0.4 is 5.32 Å². The summed E-state index contributed by atoms with van der Waals surface area (Å²) < 4.78 is 51.6. The van der Waals surface area contributed by atoms with Gasteiger partial charge in [0.25, 0.3) is 0 Å². The lowest BCUT2D eigenvalue weighted by molar-refractivity contribution is -0.137. The Bertz CT molecular complexity index is 714. The van der Waals surface area contributed by atoms with Crippen molar-refractivity contribution < 1.29 is 22.4 Å². The molecule has 0 fully saturated rings. The van der Waals surface area contributed by atoms with E-state index in [9.17, 15) is 22.4 Å². The zero-order chi connectivity index (χ0) is 17.7. The predicted molar refractivity (Wildman–Crippen MR) is 87.4 cm³/mol. The lowest BCUT2D eigenvalue weighted by Crippen LogP contribution is -2.18. The summed E-state index contributed by atoms with van der Waals surface area (Å²) in [6.45, 7) is 1.96. The van der Waals surface area contributed by atoms with E-state index in [2.05, 4.69) is 5.32 Å². The predicted octanol–water partition coefficient (Wildman–Crippen LogP) is 5.02. The minimum absolute atomic E-state index is 0.00253. The highest BCUT2D eigenvalue weighted by atomic mass is 32.2. The number of benzene rings is 2. The highest BCUT2D eigenvalue weighted by Crippen LogP contribution is 2.35. The van der Waals surface area contributed by atoms with Crippen LogP contribution in [-0.4, -0.2) is 11.7 Å². The van der Waals surface area contributed by atoms with Gasteiger partial charge in [-0.2, -0.15) is 13.2 Å². The van der Waals surface area contributed by atoms with Crippen LogP contribution in [0.4, 0.5) is 23.2 Å². The minimum atomic E-state index is -4.74. The molecule has 0 saturated carbocycles. The summed E-state index contributed by atoms with van der Waals surface area (Å²) in [5.74, 6) is -0.996. The molecule has 0 spiro atoms. The molecule has 2 aromatic rings. The molecule has 0 unspecified atom stereocenters. The first-order valence-corrected chi connectivity index (χ1v) is 8.21. The van der Waals surface area contributed by atoms with Crippen LogP contribution in [0.15, 0.2) is 42.5 Å². The molecule has 0 bridgehead atoms. The number of carbonyl (C=O) groups excluding carboxylic acids is 1. The first kappa shape index (κ1) is 18.3. The maximum absolute atomic E-state index is 13.0. The van der Waals surface area contributed by atoms with E-state index in [4.69, 9.17) is 0 Å². The fourth-order valence-electron chi connectivity index (χ4n) is 1.99. The normalized spacial score (nSPS) is 11.4. The van der Waals surface area contributed by atoms with Gasteiger partial charge in [-0.15, -0.1) is 11.8 Å². The van der Waals surface area contributed by atoms with Crippen molar-refractivity contribution in [3.8, 4) is 0 Å². The number of halogens is 4. The summed E-state index contributed by atoms with van der Waals surface area (Å²) in [4.78, 5) is 11.8. The molecule has 0 atom stereocenters. The fourth-order valence-corrected chi connectivity index (χ4v) is 2.78. The van der Waals surface area contributed by atoms with E-state index in [1.807, 2.05) is 31.2 Å². The van der Waals surface area contributed by atoms with Crippen LogP contribution >= 0.6 is 11.8 Å². The Morgan fingerprint density at radius 2 is 1.79 bits per heavy atom. The summed E-state index contributed by atoms with van der Waals surface area (Å²) in [5.41, 5.74) is 0.512. The van der Waals surface area contributed by atoms with Gasteiger partial charge in [-0.05, 0) is 30.7 Å². The van der Waals surface area contributed by atoms with E-state index in [1.54, 1.807) is 0 Å². The van der Waals surface area contributed by atoms with Crippen molar-refractivity contribution in [2.45, 2.75) is 18.9 Å². The molecule has 1 N–H and O–H groups in total. The molecule has 0 saturated heterocycles. The lowest BCUT2D eigenvalue weighted by Gasteiger charge is -2.13. The van der Waals surface area contributed by atoms with E-state index in [1.165, 1.54) is 11.8 Å². The zero-order valence-electron chi connectivity index (χ0n) is 12.8. The van der Waals surface area contributed by atoms with Crippen LogP contribution in [0.5, 0.6) is 0 Å². The van der Waals surface area contributed by atoms with Crippen LogP contribution in [0.25, 0.3) is 0 Å². The summed E-state index contributed by atoms with van der Waals surface area (Å²) in [7, 11) is 0. The number of alkyl halides is 3. The molecule has 0 aromatic heterocycles. The fraction of sp³-hybridized carbons (Fsp3) is 0.235. The molecule has 2 aromatic carbocycles. The minimum Gasteiger partial charge on any atom is -0.325 e. The summed E-state index contributed by atoms with van der Waals surface area (Å²) in [5, 5.41) is 2.19. The highest BCUT2D eigenvalue weighted by molar-refractivity contribution is 7.99. The van der Waals surface area contributed by atoms with Gasteiger partial charge in [0.15, 0.2) is 0 Å². The average molecular weight is 357 g/mol. The molecule has 7 heteroatoms. The number of amides is 1. The van der Waals surface area contributed by atoms with Crippen molar-refractivity contribution in [1.82, 2.24) is 0 Å². The molecule has 2 rings (SSSR count). The Morgan fingerprint density at radius 1 is 1.12 bits per heavy atom. The first-order chi connectivity index (χ1) is 11.3. The number of hydrogen-bond acceptors (Lipinski definition) is 2. The third-order valence-electron chi connectivity index (χ3n) is 3.18. The number of aryl methyl sites for hydroxylation is 1. The second kappa shape index (κ2) is 7.70. The smallest absolute Gasteiger partial charge is 0.325 e. The van der Waals surface area contributed by atoms with Crippen molar-refractivity contribution in [2.24, 2.45) is 0 Å². The largest absolute Gasteiger partial charge is 0.418 e. The van der Waals surface area contributed by atoms with Gasteiger partial charge in [0.05, 0.1) is 17.0 Å². The SMILES string of the molecule is Cc1ccc(CSCC(=O)Nc2ccc(F)cc2C(F)(F)F)cc1. The van der Waals surface area contributed by atoms with Gasteiger partial charge in [0.2, 0.25) is 5.91 Å². The topological polar surface area (TPSA) is 29.1 Å². The van der Waals surface area contributed by atoms with E-state index in [-0.39, 0.29) is 5.75 Å². The van der Waals surface area contributed by atoms with Gasteiger partial charge in [-0.3, -0.25) is 4.79 Å². The summed E-state index contributed by atoms with van der Waals surface area (Å²) in [6, 6.07) is 9.93. The summed E-state index contributed by atoms with van der Waals surface area (Å²) >= 11 is 1.29. The van der Waals surface area contributed by atoms with Crippen LogP contribution in [0.3, 0.4) is 0 Å². The standard InChI is InChI=1S/C17H15F4NOS/c1-11-2-4-12(5-3-11)9-24-10-16(23)22-15-7-6-13(18)8-14(15)17(19,20)21/h2-8H,9-10H2,1H3,(H,22,23). The monoisotopic (exact) mass is 357 g/mol. The molecule has 0 aliphatic rings. The highest BCUT2D eigenvalue weighted by Gasteiger charge is 2.34. The number of nitrogens with one attached hydrogen (secondary N) is 1. The Kier molecular flexibility index (Phi) is 5.88. The van der Waals surface area contributed by atoms with Gasteiger partial charge < -0.3 is 5.32 Å². The van der Waals surface area contributed by atoms with Gasteiger partial charge in [0, 0.05) is 5.75 Å². The molecular formula is C17H15F4NOS. The molecular weight excluding hydrogens is 342 g/mol. The number of anilines is 1. The molecule has 1 amide bonds. The zero-order valence-corrected chi connectivity index (χ0v) is 13.6. The maximum Gasteiger partial charge on any atom is 0.418 e.